The van der Waals surface area contributed by atoms with Crippen molar-refractivity contribution in [3.8, 4) is 6.01 Å². The van der Waals surface area contributed by atoms with Gasteiger partial charge in [-0.25, -0.2) is 14.8 Å². The van der Waals surface area contributed by atoms with Gasteiger partial charge in [-0.15, -0.1) is 0 Å². The molecule has 0 radical (unpaired) electrons. The highest BCUT2D eigenvalue weighted by molar-refractivity contribution is 5.82. The van der Waals surface area contributed by atoms with Crippen LogP contribution in [0.3, 0.4) is 0 Å². The van der Waals surface area contributed by atoms with Crippen molar-refractivity contribution >= 4 is 12.0 Å². The quantitative estimate of drug-likeness (QED) is 0.819. The Balaban J connectivity index is 1.40. The molecule has 1 atom stereocenters. The van der Waals surface area contributed by atoms with Gasteiger partial charge in [0.25, 0.3) is 0 Å². The van der Waals surface area contributed by atoms with Gasteiger partial charge in [-0.2, -0.15) is 0 Å². The molecule has 0 spiro atoms. The monoisotopic (exact) mass is 384 g/mol. The summed E-state index contributed by atoms with van der Waals surface area (Å²) in [6.45, 7) is 4.82. The maximum absolute atomic E-state index is 12.3. The Kier molecular flexibility index (Phi) is 6.41. The minimum absolute atomic E-state index is 0.111. The van der Waals surface area contributed by atoms with E-state index in [9.17, 15) is 9.59 Å². The van der Waals surface area contributed by atoms with Crippen molar-refractivity contribution in [3.05, 3.63) is 53.3 Å². The number of amides is 2. The zero-order chi connectivity index (χ0) is 19.9. The first-order chi connectivity index (χ1) is 13.5. The van der Waals surface area contributed by atoms with Crippen LogP contribution in [-0.4, -0.2) is 52.6 Å². The van der Waals surface area contributed by atoms with E-state index in [1.165, 1.54) is 0 Å². The molecule has 0 unspecified atom stereocenters. The molecule has 1 aliphatic heterocycles. The van der Waals surface area contributed by atoms with Gasteiger partial charge in [0, 0.05) is 24.4 Å². The zero-order valence-electron chi connectivity index (χ0n) is 16.1. The molecule has 1 fully saturated rings. The number of nitrogens with zero attached hydrogens (tertiary/aromatic N) is 3. The third kappa shape index (κ3) is 5.67. The van der Waals surface area contributed by atoms with Crippen molar-refractivity contribution in [3.63, 3.8) is 0 Å². The Hall–Kier alpha value is -3.16. The summed E-state index contributed by atoms with van der Waals surface area (Å²) in [5.74, 6) is -0.177. The van der Waals surface area contributed by atoms with Crippen LogP contribution >= 0.6 is 0 Å². The smallest absolute Gasteiger partial charge is 0.407 e. The van der Waals surface area contributed by atoms with E-state index in [-0.39, 0.29) is 25.2 Å². The fourth-order valence-corrected chi connectivity index (χ4v) is 2.98. The highest BCUT2D eigenvalue weighted by atomic mass is 16.5. The molecule has 2 heterocycles. The summed E-state index contributed by atoms with van der Waals surface area (Å²) in [5.41, 5.74) is 2.57. The van der Waals surface area contributed by atoms with Crippen LogP contribution in [0.4, 0.5) is 4.79 Å². The van der Waals surface area contributed by atoms with Gasteiger partial charge >= 0.3 is 12.1 Å². The number of rotatable bonds is 6. The number of carbonyl (C=O) groups is 2. The molecule has 1 N–H and O–H groups in total. The van der Waals surface area contributed by atoms with Crippen molar-refractivity contribution in [2.24, 2.45) is 0 Å². The molecular formula is C20H24N4O4. The Morgan fingerprint density at radius 1 is 1.18 bits per heavy atom. The lowest BCUT2D eigenvalue weighted by molar-refractivity contribution is -0.129. The molecule has 2 aromatic rings. The van der Waals surface area contributed by atoms with E-state index in [0.29, 0.717) is 25.5 Å². The Morgan fingerprint density at radius 3 is 2.61 bits per heavy atom. The van der Waals surface area contributed by atoms with Crippen LogP contribution in [0.25, 0.3) is 0 Å². The van der Waals surface area contributed by atoms with Gasteiger partial charge in [0.15, 0.2) is 0 Å². The predicted octanol–water partition coefficient (Wildman–Crippen LogP) is 2.00. The molecule has 0 saturated carbocycles. The molecule has 148 valence electrons. The van der Waals surface area contributed by atoms with Crippen LogP contribution in [0, 0.1) is 13.8 Å². The van der Waals surface area contributed by atoms with Crippen LogP contribution in [0.1, 0.15) is 23.4 Å². The second-order valence-corrected chi connectivity index (χ2v) is 6.72. The molecule has 8 nitrogen and oxygen atoms in total. The summed E-state index contributed by atoms with van der Waals surface area (Å²) in [5, 5.41) is 2.49. The van der Waals surface area contributed by atoms with Gasteiger partial charge in [0.2, 0.25) is 5.91 Å². The summed E-state index contributed by atoms with van der Waals surface area (Å²) < 4.78 is 10.9. The highest BCUT2D eigenvalue weighted by Gasteiger charge is 2.28. The van der Waals surface area contributed by atoms with E-state index in [2.05, 4.69) is 15.3 Å². The van der Waals surface area contributed by atoms with E-state index < -0.39 is 6.09 Å². The first-order valence-electron chi connectivity index (χ1n) is 9.21. The van der Waals surface area contributed by atoms with E-state index in [0.717, 1.165) is 17.0 Å². The van der Waals surface area contributed by atoms with E-state index in [1.807, 2.05) is 50.2 Å². The molecule has 3 rings (SSSR count). The number of nitrogens with one attached hydrogen (secondary N) is 1. The van der Waals surface area contributed by atoms with Crippen LogP contribution in [0.15, 0.2) is 36.4 Å². The topological polar surface area (TPSA) is 93.7 Å². The highest BCUT2D eigenvalue weighted by Crippen LogP contribution is 2.16. The first kappa shape index (κ1) is 19.6. The van der Waals surface area contributed by atoms with Gasteiger partial charge in [0.1, 0.15) is 19.3 Å². The van der Waals surface area contributed by atoms with Crippen molar-refractivity contribution < 1.29 is 19.1 Å². The second kappa shape index (κ2) is 9.16. The number of hydrogen-bond acceptors (Lipinski definition) is 6. The predicted molar refractivity (Wildman–Crippen MR) is 102 cm³/mol. The summed E-state index contributed by atoms with van der Waals surface area (Å²) in [4.78, 5) is 34.2. The van der Waals surface area contributed by atoms with Gasteiger partial charge in [-0.05, 0) is 25.5 Å². The van der Waals surface area contributed by atoms with Crippen molar-refractivity contribution in [1.82, 2.24) is 20.2 Å². The maximum Gasteiger partial charge on any atom is 0.407 e. The number of alkyl carbamates (subject to hydrolysis) is 1. The fraction of sp³-hybridized carbons (Fsp3) is 0.400. The van der Waals surface area contributed by atoms with Crippen molar-refractivity contribution in [2.75, 3.05) is 19.6 Å². The van der Waals surface area contributed by atoms with Crippen LogP contribution < -0.4 is 10.1 Å². The normalized spacial score (nSPS) is 15.9. The summed E-state index contributed by atoms with van der Waals surface area (Å²) >= 11 is 0. The Labute approximate surface area is 163 Å². The number of aromatic nitrogens is 2. The number of benzene rings is 1. The Bertz CT molecular complexity index is 808. The number of likely N-dealkylation sites (tertiary alicyclic amines) is 1. The van der Waals surface area contributed by atoms with Crippen LogP contribution in [0.2, 0.25) is 0 Å². The molecule has 28 heavy (non-hydrogen) atoms. The van der Waals surface area contributed by atoms with Crippen molar-refractivity contribution in [2.45, 2.75) is 33.0 Å². The Morgan fingerprint density at radius 2 is 1.89 bits per heavy atom. The molecule has 1 aliphatic rings. The molecule has 2 amide bonds. The summed E-state index contributed by atoms with van der Waals surface area (Å²) in [6.07, 6.45) is -0.0800. The average molecular weight is 384 g/mol. The zero-order valence-corrected chi connectivity index (χ0v) is 16.1. The largest absolute Gasteiger partial charge is 0.458 e. The molecule has 0 bridgehead atoms. The molecule has 1 saturated heterocycles. The second-order valence-electron chi connectivity index (χ2n) is 6.72. The third-order valence-corrected chi connectivity index (χ3v) is 4.33. The molecule has 0 aliphatic carbocycles. The maximum atomic E-state index is 12.3. The lowest BCUT2D eigenvalue weighted by Crippen LogP contribution is -2.40. The van der Waals surface area contributed by atoms with Crippen LogP contribution in [0.5, 0.6) is 6.01 Å². The SMILES string of the molecule is Cc1cc(C)nc(O[C@H]2CCN(C(=O)CNC(=O)OCc3ccccc3)C2)n1. The standard InChI is InChI=1S/C20H24N4O4/c1-14-10-15(2)23-19(22-14)28-17-8-9-24(12-17)18(25)11-21-20(26)27-13-16-6-4-3-5-7-16/h3-7,10,17H,8-9,11-13H2,1-2H3,(H,21,26)/t17-/m0/s1. The third-order valence-electron chi connectivity index (χ3n) is 4.33. The lowest BCUT2D eigenvalue weighted by atomic mass is 10.2. The number of ether oxygens (including phenoxy) is 2. The van der Waals surface area contributed by atoms with E-state index in [1.54, 1.807) is 4.90 Å². The lowest BCUT2D eigenvalue weighted by Gasteiger charge is -2.17. The van der Waals surface area contributed by atoms with Crippen LogP contribution in [-0.2, 0) is 16.1 Å². The average Bonchev–Trinajstić information content (AvgIpc) is 3.13. The van der Waals surface area contributed by atoms with Gasteiger partial charge in [-0.3, -0.25) is 4.79 Å². The summed E-state index contributed by atoms with van der Waals surface area (Å²) in [6, 6.07) is 11.6. The van der Waals surface area contributed by atoms with Gasteiger partial charge in [0.05, 0.1) is 6.54 Å². The van der Waals surface area contributed by atoms with Gasteiger partial charge < -0.3 is 19.7 Å². The minimum atomic E-state index is -0.618. The van der Waals surface area contributed by atoms with E-state index >= 15 is 0 Å². The number of hydrogen-bond donors (Lipinski definition) is 1. The molecule has 8 heteroatoms. The van der Waals surface area contributed by atoms with Gasteiger partial charge in [-0.1, -0.05) is 30.3 Å². The number of carbonyl (C=O) groups excluding carboxylic acids is 2. The summed E-state index contributed by atoms with van der Waals surface area (Å²) in [7, 11) is 0. The minimum Gasteiger partial charge on any atom is -0.458 e. The van der Waals surface area contributed by atoms with E-state index in [4.69, 9.17) is 9.47 Å². The molecule has 1 aromatic heterocycles. The van der Waals surface area contributed by atoms with Crippen molar-refractivity contribution in [1.29, 1.82) is 0 Å². The molecular weight excluding hydrogens is 360 g/mol. The molecule has 1 aromatic carbocycles. The first-order valence-corrected chi connectivity index (χ1v) is 9.21. The fourth-order valence-electron chi connectivity index (χ4n) is 2.98. The number of aryl methyl sites for hydroxylation is 2.